The SMILES string of the molecule is COc1ccc(Br)cc1/C=C/C(=O)OCC(=O)c1ccc(F)c(F)c1. The minimum atomic E-state index is -1.14. The van der Waals surface area contributed by atoms with Crippen LogP contribution >= 0.6 is 15.9 Å². The lowest BCUT2D eigenvalue weighted by Crippen LogP contribution is -2.13. The van der Waals surface area contributed by atoms with Crippen LogP contribution in [0.1, 0.15) is 15.9 Å². The maximum Gasteiger partial charge on any atom is 0.331 e. The quantitative estimate of drug-likeness (QED) is 0.407. The van der Waals surface area contributed by atoms with Crippen LogP contribution in [-0.2, 0) is 9.53 Å². The average Bonchev–Trinajstić information content (AvgIpc) is 2.60. The monoisotopic (exact) mass is 410 g/mol. The van der Waals surface area contributed by atoms with Crippen LogP contribution in [0.2, 0.25) is 0 Å². The summed E-state index contributed by atoms with van der Waals surface area (Å²) in [5.74, 6) is -3.03. The Balaban J connectivity index is 1.97. The first-order chi connectivity index (χ1) is 11.9. The summed E-state index contributed by atoms with van der Waals surface area (Å²) in [4.78, 5) is 23.5. The zero-order valence-corrected chi connectivity index (χ0v) is 14.7. The molecule has 0 atom stereocenters. The largest absolute Gasteiger partial charge is 0.496 e. The summed E-state index contributed by atoms with van der Waals surface area (Å²) in [6.07, 6.45) is 2.62. The Kier molecular flexibility index (Phi) is 6.41. The van der Waals surface area contributed by atoms with Crippen molar-refractivity contribution in [2.45, 2.75) is 0 Å². The molecule has 0 aliphatic rings. The molecule has 2 rings (SSSR count). The highest BCUT2D eigenvalue weighted by molar-refractivity contribution is 9.10. The summed E-state index contributed by atoms with van der Waals surface area (Å²) in [6, 6.07) is 7.97. The van der Waals surface area contributed by atoms with Gasteiger partial charge in [0.05, 0.1) is 7.11 Å². The van der Waals surface area contributed by atoms with Crippen molar-refractivity contribution in [3.05, 3.63) is 69.7 Å². The van der Waals surface area contributed by atoms with Crippen molar-refractivity contribution < 1.29 is 27.8 Å². The lowest BCUT2D eigenvalue weighted by molar-refractivity contribution is -0.136. The second-order valence-corrected chi connectivity index (χ2v) is 5.80. The first kappa shape index (κ1) is 18.8. The van der Waals surface area contributed by atoms with Gasteiger partial charge in [0.2, 0.25) is 0 Å². The highest BCUT2D eigenvalue weighted by atomic mass is 79.9. The zero-order chi connectivity index (χ0) is 18.4. The molecule has 0 aliphatic carbocycles. The number of carbonyl (C=O) groups excluding carboxylic acids is 2. The van der Waals surface area contributed by atoms with Crippen molar-refractivity contribution in [1.29, 1.82) is 0 Å². The maximum absolute atomic E-state index is 13.1. The molecule has 0 aromatic heterocycles. The van der Waals surface area contributed by atoms with Gasteiger partial charge in [-0.2, -0.15) is 0 Å². The normalized spacial score (nSPS) is 10.7. The van der Waals surface area contributed by atoms with Crippen LogP contribution < -0.4 is 4.74 Å². The Labute approximate surface area is 151 Å². The van der Waals surface area contributed by atoms with Crippen molar-refractivity contribution in [1.82, 2.24) is 0 Å². The van der Waals surface area contributed by atoms with Gasteiger partial charge in [-0.1, -0.05) is 15.9 Å². The average molecular weight is 411 g/mol. The molecule has 7 heteroatoms. The van der Waals surface area contributed by atoms with Gasteiger partial charge in [0.1, 0.15) is 5.75 Å². The second kappa shape index (κ2) is 8.53. The summed E-state index contributed by atoms with van der Waals surface area (Å²) < 4.78 is 36.7. The fourth-order valence-electron chi connectivity index (χ4n) is 1.93. The molecular formula is C18H13BrF2O4. The van der Waals surface area contributed by atoms with Crippen molar-refractivity contribution in [3.8, 4) is 5.75 Å². The van der Waals surface area contributed by atoms with Gasteiger partial charge in [-0.25, -0.2) is 13.6 Å². The lowest BCUT2D eigenvalue weighted by Gasteiger charge is -2.05. The lowest BCUT2D eigenvalue weighted by atomic mass is 10.1. The van der Waals surface area contributed by atoms with Crippen molar-refractivity contribution in [2.75, 3.05) is 13.7 Å². The number of carbonyl (C=O) groups is 2. The van der Waals surface area contributed by atoms with E-state index >= 15 is 0 Å². The molecule has 0 fully saturated rings. The van der Waals surface area contributed by atoms with Gasteiger partial charge in [0, 0.05) is 21.7 Å². The van der Waals surface area contributed by atoms with E-state index in [1.807, 2.05) is 0 Å². The van der Waals surface area contributed by atoms with Crippen LogP contribution in [-0.4, -0.2) is 25.5 Å². The predicted octanol–water partition coefficient (Wildman–Crippen LogP) is 4.18. The van der Waals surface area contributed by atoms with Crippen LogP contribution in [0.5, 0.6) is 5.75 Å². The number of hydrogen-bond acceptors (Lipinski definition) is 4. The fourth-order valence-corrected chi connectivity index (χ4v) is 2.31. The summed E-state index contributed by atoms with van der Waals surface area (Å²) in [5.41, 5.74) is 0.560. The third kappa shape index (κ3) is 5.22. The van der Waals surface area contributed by atoms with Crippen LogP contribution in [0.3, 0.4) is 0 Å². The number of hydrogen-bond donors (Lipinski definition) is 0. The van der Waals surface area contributed by atoms with Gasteiger partial charge in [-0.05, 0) is 42.5 Å². The van der Waals surface area contributed by atoms with Crippen molar-refractivity contribution in [3.63, 3.8) is 0 Å². The molecule has 2 aromatic rings. The summed E-state index contributed by atoms with van der Waals surface area (Å²) in [6.45, 7) is -0.579. The Morgan fingerprint density at radius 2 is 1.88 bits per heavy atom. The molecule has 0 amide bonds. The zero-order valence-electron chi connectivity index (χ0n) is 13.1. The van der Waals surface area contributed by atoms with E-state index in [4.69, 9.17) is 9.47 Å². The molecule has 0 spiro atoms. The van der Waals surface area contributed by atoms with Gasteiger partial charge < -0.3 is 9.47 Å². The molecule has 2 aromatic carbocycles. The molecular weight excluding hydrogens is 398 g/mol. The molecule has 0 N–H and O–H groups in total. The van der Waals surface area contributed by atoms with Crippen LogP contribution in [0.25, 0.3) is 6.08 Å². The molecule has 0 unspecified atom stereocenters. The number of ether oxygens (including phenoxy) is 2. The molecule has 0 saturated carbocycles. The first-order valence-corrected chi connectivity index (χ1v) is 7.86. The van der Waals surface area contributed by atoms with Crippen LogP contribution in [0.4, 0.5) is 8.78 Å². The molecule has 25 heavy (non-hydrogen) atoms. The summed E-state index contributed by atoms with van der Waals surface area (Å²) >= 11 is 3.31. The molecule has 0 heterocycles. The van der Waals surface area contributed by atoms with E-state index in [-0.39, 0.29) is 5.56 Å². The van der Waals surface area contributed by atoms with Gasteiger partial charge in [-0.15, -0.1) is 0 Å². The molecule has 130 valence electrons. The molecule has 4 nitrogen and oxygen atoms in total. The predicted molar refractivity (Wildman–Crippen MR) is 91.4 cm³/mol. The third-order valence-corrected chi connectivity index (χ3v) is 3.67. The summed E-state index contributed by atoms with van der Waals surface area (Å²) in [7, 11) is 1.50. The molecule has 0 saturated heterocycles. The molecule has 0 radical (unpaired) electrons. The van der Waals surface area contributed by atoms with Gasteiger partial charge in [0.15, 0.2) is 24.0 Å². The van der Waals surface area contributed by atoms with E-state index in [0.717, 1.165) is 28.7 Å². The Morgan fingerprint density at radius 3 is 2.56 bits per heavy atom. The first-order valence-electron chi connectivity index (χ1n) is 7.07. The van der Waals surface area contributed by atoms with E-state index < -0.39 is 30.0 Å². The minimum absolute atomic E-state index is 0.0793. The standard InChI is InChI=1S/C18H13BrF2O4/c1-24-17-6-4-13(19)8-12(17)3-7-18(23)25-10-16(22)11-2-5-14(20)15(21)9-11/h2-9H,10H2,1H3/b7-3+. The van der Waals surface area contributed by atoms with Crippen LogP contribution in [0, 0.1) is 11.6 Å². The highest BCUT2D eigenvalue weighted by Crippen LogP contribution is 2.24. The van der Waals surface area contributed by atoms with Gasteiger partial charge in [0.25, 0.3) is 0 Å². The fraction of sp³-hybridized carbons (Fsp3) is 0.111. The smallest absolute Gasteiger partial charge is 0.331 e. The van der Waals surface area contributed by atoms with Crippen molar-refractivity contribution in [2.24, 2.45) is 0 Å². The Bertz CT molecular complexity index is 834. The van der Waals surface area contributed by atoms with E-state index in [2.05, 4.69) is 15.9 Å². The van der Waals surface area contributed by atoms with E-state index in [1.165, 1.54) is 13.2 Å². The van der Waals surface area contributed by atoms with Gasteiger partial charge >= 0.3 is 5.97 Å². The number of esters is 1. The molecule has 0 bridgehead atoms. The van der Waals surface area contributed by atoms with E-state index in [0.29, 0.717) is 11.3 Å². The number of rotatable bonds is 6. The number of ketones is 1. The van der Waals surface area contributed by atoms with E-state index in [1.54, 1.807) is 18.2 Å². The maximum atomic E-state index is 13.1. The number of methoxy groups -OCH3 is 1. The minimum Gasteiger partial charge on any atom is -0.496 e. The second-order valence-electron chi connectivity index (χ2n) is 4.88. The number of Topliss-reactive ketones (excluding diaryl/α,β-unsaturated/α-hetero) is 1. The van der Waals surface area contributed by atoms with Crippen molar-refractivity contribution >= 4 is 33.8 Å². The third-order valence-electron chi connectivity index (χ3n) is 3.18. The Morgan fingerprint density at radius 1 is 1.12 bits per heavy atom. The van der Waals surface area contributed by atoms with E-state index in [9.17, 15) is 18.4 Å². The topological polar surface area (TPSA) is 52.6 Å². The summed E-state index contributed by atoms with van der Waals surface area (Å²) in [5, 5.41) is 0. The van der Waals surface area contributed by atoms with Gasteiger partial charge in [-0.3, -0.25) is 4.79 Å². The van der Waals surface area contributed by atoms with Crippen LogP contribution in [0.15, 0.2) is 46.9 Å². The molecule has 0 aliphatic heterocycles. The highest BCUT2D eigenvalue weighted by Gasteiger charge is 2.11. The number of halogens is 3. The number of benzene rings is 2. The Hall–Kier alpha value is -2.54.